The molecule has 2 aromatic rings. The van der Waals surface area contributed by atoms with Gasteiger partial charge in [-0.2, -0.15) is 5.10 Å². The van der Waals surface area contributed by atoms with Crippen LogP contribution >= 0.6 is 0 Å². The second-order valence-corrected chi connectivity index (χ2v) is 8.34. The first-order valence-electron chi connectivity index (χ1n) is 11.4. The van der Waals surface area contributed by atoms with E-state index in [0.29, 0.717) is 50.0 Å². The molecule has 2 aromatic heterocycles. The first-order chi connectivity index (χ1) is 15.7. The monoisotopic (exact) mass is 438 g/mol. The highest BCUT2D eigenvalue weighted by molar-refractivity contribution is 5.94. The van der Waals surface area contributed by atoms with Crippen molar-refractivity contribution in [2.24, 2.45) is 5.92 Å². The van der Waals surface area contributed by atoms with Crippen molar-refractivity contribution in [3.8, 4) is 5.88 Å². The Kier molecular flexibility index (Phi) is 7.47. The van der Waals surface area contributed by atoms with Gasteiger partial charge in [0.2, 0.25) is 5.88 Å². The van der Waals surface area contributed by atoms with Gasteiger partial charge in [0.1, 0.15) is 0 Å². The third-order valence-corrected chi connectivity index (χ3v) is 6.15. The molecule has 3 amide bonds. The third kappa shape index (κ3) is 5.93. The average Bonchev–Trinajstić information content (AvgIpc) is 2.85. The van der Waals surface area contributed by atoms with Crippen molar-refractivity contribution in [2.75, 3.05) is 38.1 Å². The second kappa shape index (κ2) is 10.9. The molecule has 2 fully saturated rings. The van der Waals surface area contributed by atoms with E-state index in [-0.39, 0.29) is 11.9 Å². The third-order valence-electron chi connectivity index (χ3n) is 6.15. The van der Waals surface area contributed by atoms with E-state index in [9.17, 15) is 9.59 Å². The van der Waals surface area contributed by atoms with E-state index in [0.717, 1.165) is 12.3 Å². The van der Waals surface area contributed by atoms with Crippen LogP contribution in [0.4, 0.5) is 10.6 Å². The van der Waals surface area contributed by atoms with Gasteiger partial charge in [-0.3, -0.25) is 10.1 Å². The highest BCUT2D eigenvalue weighted by Gasteiger charge is 2.25. The second-order valence-electron chi connectivity index (χ2n) is 8.34. The molecule has 1 aliphatic heterocycles. The molecule has 0 unspecified atom stereocenters. The molecule has 1 saturated carbocycles. The van der Waals surface area contributed by atoms with E-state index in [2.05, 4.69) is 20.5 Å². The van der Waals surface area contributed by atoms with Gasteiger partial charge in [0.25, 0.3) is 5.91 Å². The van der Waals surface area contributed by atoms with Gasteiger partial charge in [0.05, 0.1) is 12.2 Å². The topological polar surface area (TPSA) is 101 Å². The highest BCUT2D eigenvalue weighted by atomic mass is 16.5. The lowest BCUT2D eigenvalue weighted by atomic mass is 9.87. The largest absolute Gasteiger partial charge is 0.478 e. The van der Waals surface area contributed by atoms with Gasteiger partial charge in [-0.25, -0.2) is 9.78 Å². The lowest BCUT2D eigenvalue weighted by Gasteiger charge is -2.34. The number of hydrogen-bond donors (Lipinski definition) is 1. The van der Waals surface area contributed by atoms with Gasteiger partial charge in [0, 0.05) is 44.6 Å². The van der Waals surface area contributed by atoms with E-state index < -0.39 is 0 Å². The van der Waals surface area contributed by atoms with Crippen LogP contribution in [0.2, 0.25) is 0 Å². The molecule has 0 aromatic carbocycles. The normalized spacial score (nSPS) is 17.1. The number of carbonyl (C=O) groups excluding carboxylic acids is 2. The van der Waals surface area contributed by atoms with E-state index in [1.807, 2.05) is 0 Å². The van der Waals surface area contributed by atoms with Crippen molar-refractivity contribution in [3.63, 3.8) is 0 Å². The van der Waals surface area contributed by atoms with Gasteiger partial charge in [-0.05, 0) is 30.5 Å². The van der Waals surface area contributed by atoms with Crippen LogP contribution in [0.1, 0.15) is 48.9 Å². The molecule has 3 heterocycles. The number of nitrogens with one attached hydrogen (secondary N) is 1. The molecule has 2 aliphatic rings. The van der Waals surface area contributed by atoms with Crippen LogP contribution in [-0.4, -0.2) is 69.7 Å². The number of anilines is 1. The zero-order valence-electron chi connectivity index (χ0n) is 18.3. The quantitative estimate of drug-likeness (QED) is 0.743. The number of amides is 3. The van der Waals surface area contributed by atoms with Gasteiger partial charge in [-0.1, -0.05) is 32.1 Å². The molecule has 0 atom stereocenters. The summed E-state index contributed by atoms with van der Waals surface area (Å²) in [4.78, 5) is 32.9. The Hall–Kier alpha value is -3.23. The molecule has 1 saturated heterocycles. The molecule has 1 aliphatic carbocycles. The fraction of sp³-hybridized carbons (Fsp3) is 0.522. The number of ether oxygens (including phenoxy) is 1. The number of hydrogen-bond acceptors (Lipinski definition) is 6. The summed E-state index contributed by atoms with van der Waals surface area (Å²) < 4.78 is 5.78. The minimum Gasteiger partial charge on any atom is -0.478 e. The molecule has 0 bridgehead atoms. The Labute approximate surface area is 188 Å². The van der Waals surface area contributed by atoms with E-state index in [4.69, 9.17) is 4.74 Å². The summed E-state index contributed by atoms with van der Waals surface area (Å²) in [5.74, 6) is 1.65. The van der Waals surface area contributed by atoms with Gasteiger partial charge in [0.15, 0.2) is 5.82 Å². The molecule has 32 heavy (non-hydrogen) atoms. The predicted octanol–water partition coefficient (Wildman–Crippen LogP) is 3.21. The molecule has 9 heteroatoms. The van der Waals surface area contributed by atoms with Crippen molar-refractivity contribution in [2.45, 2.75) is 38.5 Å². The minimum atomic E-state index is -0.242. The van der Waals surface area contributed by atoms with Crippen LogP contribution in [0.3, 0.4) is 0 Å². The molecular weight excluding hydrogens is 408 g/mol. The Balaban J connectivity index is 1.21. The first-order valence-corrected chi connectivity index (χ1v) is 11.4. The molecule has 9 nitrogen and oxygen atoms in total. The standard InChI is InChI=1S/C23H30N6O3/c30-22(19-8-9-21(24-17-19)32-16-10-18-5-2-1-3-6-18)28-12-14-29(15-13-28)23(31)26-20-7-4-11-25-27-20/h4,7-9,11,17-18H,1-3,5-6,10,12-16H2,(H,26,27,31). The van der Waals surface area contributed by atoms with E-state index in [1.165, 1.54) is 32.1 Å². The Morgan fingerprint density at radius 1 is 1.03 bits per heavy atom. The zero-order chi connectivity index (χ0) is 22.2. The Morgan fingerprint density at radius 2 is 1.81 bits per heavy atom. The summed E-state index contributed by atoms with van der Waals surface area (Å²) in [6, 6.07) is 6.67. The Bertz CT molecular complexity index is 878. The summed E-state index contributed by atoms with van der Waals surface area (Å²) in [5, 5.41) is 10.3. The summed E-state index contributed by atoms with van der Waals surface area (Å²) in [6.45, 7) is 2.50. The summed E-state index contributed by atoms with van der Waals surface area (Å²) >= 11 is 0. The smallest absolute Gasteiger partial charge is 0.323 e. The van der Waals surface area contributed by atoms with Crippen LogP contribution in [0.15, 0.2) is 36.7 Å². The fourth-order valence-corrected chi connectivity index (χ4v) is 4.25. The summed E-state index contributed by atoms with van der Waals surface area (Å²) in [7, 11) is 0. The van der Waals surface area contributed by atoms with Gasteiger partial charge in [-0.15, -0.1) is 5.10 Å². The maximum atomic E-state index is 12.8. The maximum absolute atomic E-state index is 12.8. The van der Waals surface area contributed by atoms with Crippen LogP contribution in [-0.2, 0) is 0 Å². The SMILES string of the molecule is O=C(Nc1cccnn1)N1CCN(C(=O)c2ccc(OCCC3CCCCC3)nc2)CC1. The highest BCUT2D eigenvalue weighted by Crippen LogP contribution is 2.26. The first kappa shape index (κ1) is 22.0. The molecule has 4 rings (SSSR count). The molecule has 0 spiro atoms. The molecule has 0 radical (unpaired) electrons. The maximum Gasteiger partial charge on any atom is 0.323 e. The van der Waals surface area contributed by atoms with Crippen LogP contribution in [0.25, 0.3) is 0 Å². The van der Waals surface area contributed by atoms with E-state index in [1.54, 1.807) is 46.5 Å². The molecule has 170 valence electrons. The van der Waals surface area contributed by atoms with Gasteiger partial charge < -0.3 is 14.5 Å². The predicted molar refractivity (Wildman–Crippen MR) is 119 cm³/mol. The lowest BCUT2D eigenvalue weighted by molar-refractivity contribution is 0.0671. The van der Waals surface area contributed by atoms with Crippen molar-refractivity contribution in [1.82, 2.24) is 25.0 Å². The Morgan fingerprint density at radius 3 is 2.50 bits per heavy atom. The van der Waals surface area contributed by atoms with Crippen LogP contribution < -0.4 is 10.1 Å². The molecule has 1 N–H and O–H groups in total. The van der Waals surface area contributed by atoms with Crippen molar-refractivity contribution < 1.29 is 14.3 Å². The lowest BCUT2D eigenvalue weighted by Crippen LogP contribution is -2.51. The van der Waals surface area contributed by atoms with Crippen molar-refractivity contribution in [1.29, 1.82) is 0 Å². The van der Waals surface area contributed by atoms with Gasteiger partial charge >= 0.3 is 6.03 Å². The van der Waals surface area contributed by atoms with Crippen LogP contribution in [0, 0.1) is 5.92 Å². The number of carbonyl (C=O) groups is 2. The fourth-order valence-electron chi connectivity index (χ4n) is 4.25. The van der Waals surface area contributed by atoms with E-state index >= 15 is 0 Å². The van der Waals surface area contributed by atoms with Crippen molar-refractivity contribution in [3.05, 3.63) is 42.2 Å². The number of pyridine rings is 1. The number of piperazine rings is 1. The number of aromatic nitrogens is 3. The number of nitrogens with zero attached hydrogens (tertiary/aromatic N) is 5. The zero-order valence-corrected chi connectivity index (χ0v) is 18.3. The molecular formula is C23H30N6O3. The average molecular weight is 439 g/mol. The minimum absolute atomic E-state index is 0.0831. The number of urea groups is 1. The number of rotatable bonds is 6. The summed E-state index contributed by atoms with van der Waals surface area (Å²) in [5.41, 5.74) is 0.530. The summed E-state index contributed by atoms with van der Waals surface area (Å²) in [6.07, 6.45) is 10.8. The van der Waals surface area contributed by atoms with Crippen molar-refractivity contribution >= 4 is 17.8 Å². The van der Waals surface area contributed by atoms with Crippen LogP contribution in [0.5, 0.6) is 5.88 Å².